The third-order valence-corrected chi connectivity index (χ3v) is 3.40. The van der Waals surface area contributed by atoms with E-state index in [4.69, 9.17) is 9.15 Å². The summed E-state index contributed by atoms with van der Waals surface area (Å²) < 4.78 is 11.1. The predicted octanol–water partition coefficient (Wildman–Crippen LogP) is 3.14. The monoisotopic (exact) mass is 410 g/mol. The van der Waals surface area contributed by atoms with Crippen LogP contribution in [0.2, 0.25) is 0 Å². The van der Waals surface area contributed by atoms with Crippen molar-refractivity contribution in [2.24, 2.45) is 4.99 Å². The van der Waals surface area contributed by atoms with Gasteiger partial charge >= 0.3 is 5.97 Å². The Kier molecular flexibility index (Phi) is 3.75. The summed E-state index contributed by atoms with van der Waals surface area (Å²) in [7, 11) is 0. The van der Waals surface area contributed by atoms with Crippen molar-refractivity contribution in [2.75, 3.05) is 0 Å². The summed E-state index contributed by atoms with van der Waals surface area (Å²) in [6.07, 6.45) is 1.48. The Morgan fingerprint density at radius 2 is 1.91 bits per heavy atom. The van der Waals surface area contributed by atoms with E-state index in [1.807, 2.05) is 22.6 Å². The molecule has 0 unspecified atom stereocenters. The van der Waals surface area contributed by atoms with E-state index in [0.29, 0.717) is 15.1 Å². The SMILES string of the molecule is O=C1OC(c2ccc([N+](=O)[O-])cc2)=N/C1=C/c1ccc(I)o1. The Labute approximate surface area is 137 Å². The number of halogens is 1. The van der Waals surface area contributed by atoms with E-state index in [0.717, 1.165) is 0 Å². The fourth-order valence-electron chi connectivity index (χ4n) is 1.80. The first kappa shape index (κ1) is 14.4. The molecule has 0 saturated heterocycles. The molecule has 22 heavy (non-hydrogen) atoms. The molecule has 0 radical (unpaired) electrons. The number of furan rings is 1. The van der Waals surface area contributed by atoms with Crippen molar-refractivity contribution in [3.8, 4) is 0 Å². The zero-order chi connectivity index (χ0) is 15.7. The molecule has 0 atom stereocenters. The standard InChI is InChI=1S/C14H7IN2O5/c15-12-6-5-10(21-12)7-11-14(18)22-13(16-11)8-1-3-9(4-2-8)17(19)20/h1-7H/b11-7+. The number of carbonyl (C=O) groups is 1. The highest BCUT2D eigenvalue weighted by atomic mass is 127. The van der Waals surface area contributed by atoms with Gasteiger partial charge < -0.3 is 9.15 Å². The number of benzene rings is 1. The zero-order valence-corrected chi connectivity index (χ0v) is 13.0. The molecule has 0 fully saturated rings. The van der Waals surface area contributed by atoms with Gasteiger partial charge in [0, 0.05) is 23.8 Å². The van der Waals surface area contributed by atoms with E-state index in [2.05, 4.69) is 4.99 Å². The number of aliphatic imine (C=N–C) groups is 1. The lowest BCUT2D eigenvalue weighted by Crippen LogP contribution is -2.05. The van der Waals surface area contributed by atoms with Gasteiger partial charge in [0.25, 0.3) is 5.69 Å². The van der Waals surface area contributed by atoms with Crippen molar-refractivity contribution in [3.05, 3.63) is 67.3 Å². The molecule has 110 valence electrons. The van der Waals surface area contributed by atoms with Gasteiger partial charge in [-0.2, -0.15) is 0 Å². The van der Waals surface area contributed by atoms with Crippen molar-refractivity contribution in [2.45, 2.75) is 0 Å². The molecule has 0 aliphatic carbocycles. The highest BCUT2D eigenvalue weighted by Crippen LogP contribution is 2.21. The zero-order valence-electron chi connectivity index (χ0n) is 10.9. The largest absolute Gasteiger partial charge is 0.451 e. The Balaban J connectivity index is 1.89. The lowest BCUT2D eigenvalue weighted by molar-refractivity contribution is -0.384. The average Bonchev–Trinajstić information content (AvgIpc) is 3.06. The van der Waals surface area contributed by atoms with Gasteiger partial charge in [0.2, 0.25) is 5.90 Å². The summed E-state index contributed by atoms with van der Waals surface area (Å²) in [5.41, 5.74) is 0.546. The molecule has 0 spiro atoms. The van der Waals surface area contributed by atoms with Gasteiger partial charge in [0.1, 0.15) is 5.76 Å². The van der Waals surface area contributed by atoms with E-state index in [1.165, 1.54) is 30.3 Å². The van der Waals surface area contributed by atoms with Gasteiger partial charge in [-0.25, -0.2) is 9.79 Å². The molecule has 1 aliphatic rings. The number of esters is 1. The van der Waals surface area contributed by atoms with Crippen molar-refractivity contribution < 1.29 is 18.9 Å². The Hall–Kier alpha value is -2.49. The first-order chi connectivity index (χ1) is 10.5. The number of hydrogen-bond acceptors (Lipinski definition) is 6. The van der Waals surface area contributed by atoms with E-state index in [1.54, 1.807) is 12.1 Å². The number of nitro benzene ring substituents is 1. The number of hydrogen-bond donors (Lipinski definition) is 0. The van der Waals surface area contributed by atoms with E-state index in [-0.39, 0.29) is 17.3 Å². The lowest BCUT2D eigenvalue weighted by atomic mass is 10.2. The highest BCUT2D eigenvalue weighted by molar-refractivity contribution is 14.1. The summed E-state index contributed by atoms with van der Waals surface area (Å²) in [4.78, 5) is 26.0. The average molecular weight is 410 g/mol. The van der Waals surface area contributed by atoms with Crippen LogP contribution in [0.25, 0.3) is 6.08 Å². The van der Waals surface area contributed by atoms with Crippen LogP contribution < -0.4 is 0 Å². The molecule has 2 heterocycles. The first-order valence-corrected chi connectivity index (χ1v) is 7.13. The third-order valence-electron chi connectivity index (χ3n) is 2.82. The fraction of sp³-hybridized carbons (Fsp3) is 0. The number of non-ortho nitro benzene ring substituents is 1. The number of cyclic esters (lactones) is 1. The molecule has 8 heteroatoms. The maximum atomic E-state index is 11.8. The van der Waals surface area contributed by atoms with Crippen LogP contribution in [0.1, 0.15) is 11.3 Å². The van der Waals surface area contributed by atoms with Crippen molar-refractivity contribution >= 4 is 46.2 Å². The van der Waals surface area contributed by atoms with Gasteiger partial charge in [-0.1, -0.05) is 0 Å². The van der Waals surface area contributed by atoms with Crippen LogP contribution in [0.4, 0.5) is 5.69 Å². The van der Waals surface area contributed by atoms with E-state index < -0.39 is 10.9 Å². The molecule has 7 nitrogen and oxygen atoms in total. The lowest BCUT2D eigenvalue weighted by Gasteiger charge is -1.98. The summed E-state index contributed by atoms with van der Waals surface area (Å²) in [6.45, 7) is 0. The summed E-state index contributed by atoms with van der Waals surface area (Å²) >= 11 is 2.01. The Bertz CT molecular complexity index is 820. The first-order valence-electron chi connectivity index (χ1n) is 6.05. The van der Waals surface area contributed by atoms with Crippen LogP contribution in [-0.2, 0) is 9.53 Å². The van der Waals surface area contributed by atoms with Crippen LogP contribution in [0, 0.1) is 13.9 Å². The van der Waals surface area contributed by atoms with Crippen LogP contribution in [0.3, 0.4) is 0 Å². The molecular formula is C14H7IN2O5. The van der Waals surface area contributed by atoms with Gasteiger partial charge in [0.15, 0.2) is 9.46 Å². The second kappa shape index (κ2) is 5.72. The maximum Gasteiger partial charge on any atom is 0.363 e. The highest BCUT2D eigenvalue weighted by Gasteiger charge is 2.25. The predicted molar refractivity (Wildman–Crippen MR) is 85.1 cm³/mol. The van der Waals surface area contributed by atoms with Crippen molar-refractivity contribution in [1.29, 1.82) is 0 Å². The minimum Gasteiger partial charge on any atom is -0.451 e. The minimum atomic E-state index is -0.597. The second-order valence-corrected chi connectivity index (χ2v) is 5.35. The molecule has 3 rings (SSSR count). The van der Waals surface area contributed by atoms with E-state index >= 15 is 0 Å². The molecule has 0 amide bonds. The second-order valence-electron chi connectivity index (χ2n) is 4.28. The van der Waals surface area contributed by atoms with Crippen molar-refractivity contribution in [1.82, 2.24) is 0 Å². The molecule has 0 saturated carbocycles. The normalized spacial score (nSPS) is 15.8. The fourth-order valence-corrected chi connectivity index (χ4v) is 2.23. The molecule has 1 aliphatic heterocycles. The van der Waals surface area contributed by atoms with Gasteiger partial charge in [0.05, 0.1) is 4.92 Å². The van der Waals surface area contributed by atoms with Gasteiger partial charge in [-0.05, 0) is 46.9 Å². The maximum absolute atomic E-state index is 11.8. The number of carbonyl (C=O) groups excluding carboxylic acids is 1. The topological polar surface area (TPSA) is 94.9 Å². The third kappa shape index (κ3) is 2.91. The Morgan fingerprint density at radius 1 is 1.18 bits per heavy atom. The smallest absolute Gasteiger partial charge is 0.363 e. The van der Waals surface area contributed by atoms with Crippen LogP contribution in [0.15, 0.2) is 51.5 Å². The summed E-state index contributed by atoms with van der Waals surface area (Å²) in [5.74, 6) is -0.00258. The van der Waals surface area contributed by atoms with Crippen LogP contribution in [-0.4, -0.2) is 16.8 Å². The molecule has 0 N–H and O–H groups in total. The summed E-state index contributed by atoms with van der Waals surface area (Å²) in [6, 6.07) is 9.06. The number of rotatable bonds is 3. The molecule has 1 aromatic carbocycles. The Morgan fingerprint density at radius 3 is 2.50 bits per heavy atom. The van der Waals surface area contributed by atoms with Crippen LogP contribution in [0.5, 0.6) is 0 Å². The summed E-state index contributed by atoms with van der Waals surface area (Å²) in [5, 5.41) is 10.6. The molecule has 1 aromatic heterocycles. The van der Waals surface area contributed by atoms with Gasteiger partial charge in [-0.3, -0.25) is 10.1 Å². The molecule has 2 aromatic rings. The quantitative estimate of drug-likeness (QED) is 0.255. The number of nitrogens with zero attached hydrogens (tertiary/aromatic N) is 2. The number of ether oxygens (including phenoxy) is 1. The van der Waals surface area contributed by atoms with Crippen molar-refractivity contribution in [3.63, 3.8) is 0 Å². The number of nitro groups is 1. The minimum absolute atomic E-state index is 0.0467. The van der Waals surface area contributed by atoms with Gasteiger partial charge in [-0.15, -0.1) is 0 Å². The van der Waals surface area contributed by atoms with E-state index in [9.17, 15) is 14.9 Å². The molecule has 0 bridgehead atoms. The van der Waals surface area contributed by atoms with Crippen LogP contribution >= 0.6 is 22.6 Å². The molecular weight excluding hydrogens is 403 g/mol.